The summed E-state index contributed by atoms with van der Waals surface area (Å²) in [7, 11) is 0. The van der Waals surface area contributed by atoms with Crippen molar-refractivity contribution in [2.24, 2.45) is 0 Å². The first-order valence-corrected chi connectivity index (χ1v) is 9.10. The maximum atomic E-state index is 2.25. The Kier molecular flexibility index (Phi) is 8.45. The third-order valence-corrected chi connectivity index (χ3v) is 5.11. The van der Waals surface area contributed by atoms with E-state index in [-0.39, 0.29) is 43.1 Å². The Morgan fingerprint density at radius 2 is 0.679 bits per heavy atom. The Labute approximate surface area is 192 Å². The van der Waals surface area contributed by atoms with Crippen LogP contribution >= 0.6 is 0 Å². The van der Waals surface area contributed by atoms with Crippen molar-refractivity contribution < 1.29 is 0 Å². The maximum absolute atomic E-state index is 2.25. The quantitative estimate of drug-likeness (QED) is 0.330. The summed E-state index contributed by atoms with van der Waals surface area (Å²) in [6.07, 6.45) is 0.922. The summed E-state index contributed by atoms with van der Waals surface area (Å²) >= 11 is 0. The van der Waals surface area contributed by atoms with Gasteiger partial charge in [-0.2, -0.15) is 0 Å². The summed E-state index contributed by atoms with van der Waals surface area (Å²) < 4.78 is 0. The minimum atomic E-state index is -0.217. The second-order valence-electron chi connectivity index (χ2n) is 6.67. The van der Waals surface area contributed by atoms with Gasteiger partial charge in [-0.1, -0.05) is 121 Å². The standard InChI is InChI=1S/C26H22.2Li/c1-5-13-22(14-6-1)21-26(23-15-7-2-8-16-23,24-17-9-3-10-18-24)25-19-11-4-12-20-25;;/h1-20H,21H2;;. The second-order valence-corrected chi connectivity index (χ2v) is 6.67. The zero-order valence-electron chi connectivity index (χ0n) is 16.8. The van der Waals surface area contributed by atoms with Gasteiger partial charge in [-0.05, 0) is 28.7 Å². The largest absolute Gasteiger partial charge is 0.0622 e. The molecule has 0 bridgehead atoms. The Hall–Kier alpha value is -1.93. The predicted octanol–water partition coefficient (Wildman–Crippen LogP) is 5.50. The van der Waals surface area contributed by atoms with E-state index in [0.717, 1.165) is 6.42 Å². The molecule has 0 saturated carbocycles. The SMILES string of the molecule is [Li].[Li].c1ccc(CC(c2ccccc2)(c2ccccc2)c2ccccc2)cc1. The van der Waals surface area contributed by atoms with Crippen molar-refractivity contribution in [3.8, 4) is 0 Å². The van der Waals surface area contributed by atoms with Gasteiger partial charge in [0.15, 0.2) is 0 Å². The molecule has 0 saturated heterocycles. The van der Waals surface area contributed by atoms with Gasteiger partial charge in [0.2, 0.25) is 0 Å². The van der Waals surface area contributed by atoms with E-state index < -0.39 is 0 Å². The molecule has 128 valence electrons. The molecule has 2 heteroatoms. The molecule has 0 aliphatic heterocycles. The van der Waals surface area contributed by atoms with Crippen LogP contribution in [-0.2, 0) is 11.8 Å². The average molecular weight is 348 g/mol. The molecular formula is C26H22Li2. The van der Waals surface area contributed by atoms with E-state index in [2.05, 4.69) is 121 Å². The van der Waals surface area contributed by atoms with Crippen molar-refractivity contribution in [2.75, 3.05) is 0 Å². The van der Waals surface area contributed by atoms with Crippen molar-refractivity contribution in [3.05, 3.63) is 144 Å². The van der Waals surface area contributed by atoms with Gasteiger partial charge < -0.3 is 0 Å². The summed E-state index contributed by atoms with van der Waals surface area (Å²) in [5.41, 5.74) is 5.08. The van der Waals surface area contributed by atoms with E-state index in [0.29, 0.717) is 0 Å². The third kappa shape index (κ3) is 4.55. The molecule has 2 radical (unpaired) electrons. The van der Waals surface area contributed by atoms with Crippen LogP contribution in [0.5, 0.6) is 0 Å². The summed E-state index contributed by atoms with van der Waals surface area (Å²) in [4.78, 5) is 0. The zero-order valence-corrected chi connectivity index (χ0v) is 16.8. The molecule has 0 nitrogen and oxygen atoms in total. The number of benzene rings is 4. The van der Waals surface area contributed by atoms with Crippen LogP contribution in [0.15, 0.2) is 121 Å². The first-order chi connectivity index (χ1) is 12.9. The van der Waals surface area contributed by atoms with E-state index >= 15 is 0 Å². The average Bonchev–Trinajstić information content (AvgIpc) is 2.75. The van der Waals surface area contributed by atoms with Crippen LogP contribution in [0.3, 0.4) is 0 Å². The van der Waals surface area contributed by atoms with E-state index in [1.165, 1.54) is 22.3 Å². The molecule has 0 heterocycles. The fourth-order valence-electron chi connectivity index (χ4n) is 3.88. The van der Waals surface area contributed by atoms with Crippen molar-refractivity contribution in [1.82, 2.24) is 0 Å². The monoisotopic (exact) mass is 348 g/mol. The summed E-state index contributed by atoms with van der Waals surface area (Å²) in [6.45, 7) is 0. The van der Waals surface area contributed by atoms with Crippen LogP contribution in [0.25, 0.3) is 0 Å². The van der Waals surface area contributed by atoms with Crippen molar-refractivity contribution >= 4 is 37.7 Å². The van der Waals surface area contributed by atoms with Crippen molar-refractivity contribution in [1.29, 1.82) is 0 Å². The molecule has 0 aromatic heterocycles. The molecule has 0 fully saturated rings. The Bertz CT molecular complexity index is 840. The van der Waals surface area contributed by atoms with E-state index in [1.54, 1.807) is 0 Å². The molecular weight excluding hydrogens is 326 g/mol. The van der Waals surface area contributed by atoms with Crippen LogP contribution in [-0.4, -0.2) is 37.7 Å². The Morgan fingerprint density at radius 1 is 0.393 bits per heavy atom. The smallest absolute Gasteiger partial charge is 0.0491 e. The molecule has 0 amide bonds. The van der Waals surface area contributed by atoms with Crippen molar-refractivity contribution in [2.45, 2.75) is 11.8 Å². The fourth-order valence-corrected chi connectivity index (χ4v) is 3.88. The summed E-state index contributed by atoms with van der Waals surface area (Å²) in [6, 6.07) is 43.4. The molecule has 0 atom stereocenters. The number of hydrogen-bond donors (Lipinski definition) is 0. The van der Waals surface area contributed by atoms with Gasteiger partial charge in [0.25, 0.3) is 0 Å². The molecule has 4 aromatic carbocycles. The molecule has 4 rings (SSSR count). The van der Waals surface area contributed by atoms with Crippen molar-refractivity contribution in [3.63, 3.8) is 0 Å². The minimum Gasteiger partial charge on any atom is -0.0622 e. The molecule has 0 N–H and O–H groups in total. The molecule has 0 aliphatic carbocycles. The molecule has 28 heavy (non-hydrogen) atoms. The van der Waals surface area contributed by atoms with Gasteiger partial charge in [-0.25, -0.2) is 0 Å². The first-order valence-electron chi connectivity index (χ1n) is 9.10. The Morgan fingerprint density at radius 3 is 1.00 bits per heavy atom. The van der Waals surface area contributed by atoms with Crippen LogP contribution in [0.4, 0.5) is 0 Å². The van der Waals surface area contributed by atoms with Gasteiger partial charge in [0, 0.05) is 43.1 Å². The van der Waals surface area contributed by atoms with Gasteiger partial charge in [-0.15, -0.1) is 0 Å². The second kappa shape index (κ2) is 10.6. The molecule has 0 unspecified atom stereocenters. The fraction of sp³-hybridized carbons (Fsp3) is 0.0769. The topological polar surface area (TPSA) is 0 Å². The minimum absolute atomic E-state index is 0. The van der Waals surface area contributed by atoms with E-state index in [1.807, 2.05) is 0 Å². The van der Waals surface area contributed by atoms with Gasteiger partial charge >= 0.3 is 0 Å². The summed E-state index contributed by atoms with van der Waals surface area (Å²) in [5.74, 6) is 0. The normalized spacial score (nSPS) is 10.4. The van der Waals surface area contributed by atoms with Crippen LogP contribution in [0, 0.1) is 0 Å². The predicted molar refractivity (Wildman–Crippen MR) is 121 cm³/mol. The van der Waals surface area contributed by atoms with Gasteiger partial charge in [0.1, 0.15) is 0 Å². The molecule has 0 aliphatic rings. The molecule has 0 spiro atoms. The summed E-state index contributed by atoms with van der Waals surface area (Å²) in [5, 5.41) is 0. The number of rotatable bonds is 5. The van der Waals surface area contributed by atoms with E-state index in [9.17, 15) is 0 Å². The van der Waals surface area contributed by atoms with Gasteiger partial charge in [-0.3, -0.25) is 0 Å². The van der Waals surface area contributed by atoms with Gasteiger partial charge in [0.05, 0.1) is 0 Å². The van der Waals surface area contributed by atoms with E-state index in [4.69, 9.17) is 0 Å². The zero-order chi connectivity index (χ0) is 17.7. The van der Waals surface area contributed by atoms with Crippen LogP contribution in [0.2, 0.25) is 0 Å². The third-order valence-electron chi connectivity index (χ3n) is 5.11. The van der Waals surface area contributed by atoms with Crippen LogP contribution < -0.4 is 0 Å². The number of hydrogen-bond acceptors (Lipinski definition) is 0. The maximum Gasteiger partial charge on any atom is 0.0491 e. The first kappa shape index (κ1) is 22.4. The Balaban J connectivity index is 0.00000140. The molecule has 4 aromatic rings. The van der Waals surface area contributed by atoms with Crippen LogP contribution in [0.1, 0.15) is 22.3 Å².